The first-order valence-corrected chi connectivity index (χ1v) is 8.19. The van der Waals surface area contributed by atoms with E-state index in [1.807, 2.05) is 6.07 Å². The molecule has 1 saturated carbocycles. The topological polar surface area (TPSA) is 91.8 Å². The molecule has 2 aliphatic rings. The monoisotopic (exact) mass is 333 g/mol. The molecule has 24 heavy (non-hydrogen) atoms. The molecule has 0 aromatic carbocycles. The number of nitrogens with zero attached hydrogens (tertiary/aromatic N) is 2. The van der Waals surface area contributed by atoms with Crippen molar-refractivity contribution < 1.29 is 19.4 Å². The number of carbonyl (C=O) groups is 2. The molecule has 1 saturated heterocycles. The van der Waals surface area contributed by atoms with Crippen molar-refractivity contribution in [3.05, 3.63) is 30.1 Å². The maximum Gasteiger partial charge on any atom is 0.251 e. The third-order valence-corrected chi connectivity index (χ3v) is 4.18. The minimum atomic E-state index is -1.01. The summed E-state index contributed by atoms with van der Waals surface area (Å²) in [6.45, 7) is 3.25. The van der Waals surface area contributed by atoms with E-state index in [-0.39, 0.29) is 31.0 Å². The van der Waals surface area contributed by atoms with E-state index in [9.17, 15) is 14.7 Å². The fourth-order valence-corrected chi connectivity index (χ4v) is 2.92. The Morgan fingerprint density at radius 1 is 1.50 bits per heavy atom. The van der Waals surface area contributed by atoms with Gasteiger partial charge in [-0.3, -0.25) is 14.6 Å². The zero-order valence-corrected chi connectivity index (χ0v) is 13.9. The van der Waals surface area contributed by atoms with E-state index in [0.29, 0.717) is 0 Å². The van der Waals surface area contributed by atoms with Gasteiger partial charge in [-0.2, -0.15) is 0 Å². The third-order valence-electron chi connectivity index (χ3n) is 4.18. The third kappa shape index (κ3) is 3.73. The number of pyridine rings is 1. The van der Waals surface area contributed by atoms with Gasteiger partial charge in [0.2, 0.25) is 5.91 Å². The predicted octanol–water partition coefficient (Wildman–Crippen LogP) is 0.400. The molecule has 1 aliphatic carbocycles. The lowest BCUT2D eigenvalue weighted by molar-refractivity contribution is -0.165. The highest BCUT2D eigenvalue weighted by Gasteiger charge is 2.47. The van der Waals surface area contributed by atoms with Gasteiger partial charge in [-0.05, 0) is 38.3 Å². The molecule has 3 rings (SSSR count). The summed E-state index contributed by atoms with van der Waals surface area (Å²) in [7, 11) is 0. The summed E-state index contributed by atoms with van der Waals surface area (Å²) in [5, 5.41) is 12.5. The first kappa shape index (κ1) is 16.9. The molecular weight excluding hydrogens is 310 g/mol. The number of morpholine rings is 1. The van der Waals surface area contributed by atoms with Gasteiger partial charge in [0.15, 0.2) is 6.10 Å². The van der Waals surface area contributed by atoms with E-state index in [2.05, 4.69) is 10.3 Å². The highest BCUT2D eigenvalue weighted by atomic mass is 16.5. The van der Waals surface area contributed by atoms with Crippen LogP contribution in [0.25, 0.3) is 0 Å². The second kappa shape index (κ2) is 6.49. The molecule has 1 aromatic heterocycles. The van der Waals surface area contributed by atoms with Crippen LogP contribution >= 0.6 is 0 Å². The molecule has 2 fully saturated rings. The Balaban J connectivity index is 1.85. The van der Waals surface area contributed by atoms with Crippen LogP contribution in [0.15, 0.2) is 24.5 Å². The summed E-state index contributed by atoms with van der Waals surface area (Å²) < 4.78 is 5.58. The SMILES string of the molecule is CC(C)(O)CNC(=O)C1OCC(=O)N(C2CC2)C1c1cccnc1. The summed E-state index contributed by atoms with van der Waals surface area (Å²) in [6.07, 6.45) is 4.40. The molecule has 1 aromatic rings. The van der Waals surface area contributed by atoms with Gasteiger partial charge in [-0.1, -0.05) is 6.07 Å². The van der Waals surface area contributed by atoms with Crippen molar-refractivity contribution in [3.8, 4) is 0 Å². The molecule has 130 valence electrons. The van der Waals surface area contributed by atoms with Crippen LogP contribution < -0.4 is 5.32 Å². The molecule has 2 heterocycles. The van der Waals surface area contributed by atoms with E-state index in [0.717, 1.165) is 18.4 Å². The quantitative estimate of drug-likeness (QED) is 0.814. The van der Waals surface area contributed by atoms with E-state index in [1.54, 1.807) is 37.2 Å². The zero-order chi connectivity index (χ0) is 17.3. The van der Waals surface area contributed by atoms with E-state index in [4.69, 9.17) is 4.74 Å². The van der Waals surface area contributed by atoms with Crippen LogP contribution in [0.2, 0.25) is 0 Å². The van der Waals surface area contributed by atoms with Crippen molar-refractivity contribution in [3.63, 3.8) is 0 Å². The Bertz CT molecular complexity index is 610. The highest BCUT2D eigenvalue weighted by molar-refractivity contribution is 5.86. The summed E-state index contributed by atoms with van der Waals surface area (Å²) in [4.78, 5) is 30.9. The number of hydrogen-bond acceptors (Lipinski definition) is 5. The number of rotatable bonds is 5. The van der Waals surface area contributed by atoms with Crippen molar-refractivity contribution in [1.29, 1.82) is 0 Å². The molecule has 7 heteroatoms. The fourth-order valence-electron chi connectivity index (χ4n) is 2.92. The lowest BCUT2D eigenvalue weighted by atomic mass is 9.98. The summed E-state index contributed by atoms with van der Waals surface area (Å²) in [5.41, 5.74) is -0.235. The number of aromatic nitrogens is 1. The van der Waals surface area contributed by atoms with Crippen LogP contribution in [0.1, 0.15) is 38.3 Å². The van der Waals surface area contributed by atoms with Crippen LogP contribution in [0.3, 0.4) is 0 Å². The van der Waals surface area contributed by atoms with Crippen molar-refractivity contribution in [2.45, 2.75) is 50.5 Å². The minimum Gasteiger partial charge on any atom is -0.389 e. The number of ether oxygens (including phenoxy) is 1. The Labute approximate surface area is 141 Å². The summed E-state index contributed by atoms with van der Waals surface area (Å²) in [5.74, 6) is -0.429. The molecule has 2 atom stereocenters. The van der Waals surface area contributed by atoms with Gasteiger partial charge < -0.3 is 20.1 Å². The average Bonchev–Trinajstić information content (AvgIpc) is 3.37. The second-order valence-electron chi connectivity index (χ2n) is 7.03. The van der Waals surface area contributed by atoms with Crippen LogP contribution in [-0.4, -0.2) is 57.7 Å². The lowest BCUT2D eigenvalue weighted by Gasteiger charge is -2.40. The van der Waals surface area contributed by atoms with Crippen molar-refractivity contribution in [1.82, 2.24) is 15.2 Å². The standard InChI is InChI=1S/C17H23N3O4/c1-17(2,23)10-19-16(22)15-14(11-4-3-7-18-8-11)20(12-5-6-12)13(21)9-24-15/h3-4,7-8,12,14-15,23H,5-6,9-10H2,1-2H3,(H,19,22). The normalized spacial score (nSPS) is 24.8. The van der Waals surface area contributed by atoms with Gasteiger partial charge in [-0.25, -0.2) is 0 Å². The number of hydrogen-bond donors (Lipinski definition) is 2. The predicted molar refractivity (Wildman–Crippen MR) is 85.9 cm³/mol. The number of nitrogens with one attached hydrogen (secondary N) is 1. The van der Waals surface area contributed by atoms with Gasteiger partial charge in [0.25, 0.3) is 5.91 Å². The molecular formula is C17H23N3O4. The van der Waals surface area contributed by atoms with Gasteiger partial charge in [0.1, 0.15) is 6.61 Å². The molecule has 0 spiro atoms. The zero-order valence-electron chi connectivity index (χ0n) is 13.9. The highest BCUT2D eigenvalue weighted by Crippen LogP contribution is 2.39. The second-order valence-corrected chi connectivity index (χ2v) is 7.03. The largest absolute Gasteiger partial charge is 0.389 e. The van der Waals surface area contributed by atoms with Crippen LogP contribution in [-0.2, 0) is 14.3 Å². The van der Waals surface area contributed by atoms with Crippen LogP contribution in [0, 0.1) is 0 Å². The molecule has 2 N–H and O–H groups in total. The minimum absolute atomic E-state index is 0.0992. The van der Waals surface area contributed by atoms with Gasteiger partial charge in [-0.15, -0.1) is 0 Å². The first-order chi connectivity index (χ1) is 11.4. The number of carbonyl (C=O) groups excluding carboxylic acids is 2. The van der Waals surface area contributed by atoms with E-state index in [1.165, 1.54) is 0 Å². The smallest absolute Gasteiger partial charge is 0.251 e. The van der Waals surface area contributed by atoms with E-state index < -0.39 is 17.7 Å². The molecule has 0 radical (unpaired) electrons. The molecule has 1 aliphatic heterocycles. The molecule has 7 nitrogen and oxygen atoms in total. The molecule has 0 bridgehead atoms. The van der Waals surface area contributed by atoms with Gasteiger partial charge in [0, 0.05) is 25.0 Å². The Morgan fingerprint density at radius 3 is 2.83 bits per heavy atom. The first-order valence-electron chi connectivity index (χ1n) is 8.19. The number of aliphatic hydroxyl groups is 1. The van der Waals surface area contributed by atoms with Crippen molar-refractivity contribution in [2.24, 2.45) is 0 Å². The maximum absolute atomic E-state index is 12.6. The molecule has 2 amide bonds. The van der Waals surface area contributed by atoms with Crippen LogP contribution in [0.5, 0.6) is 0 Å². The maximum atomic E-state index is 12.6. The number of amides is 2. The Hall–Kier alpha value is -1.99. The van der Waals surface area contributed by atoms with Crippen molar-refractivity contribution in [2.75, 3.05) is 13.2 Å². The van der Waals surface area contributed by atoms with Gasteiger partial charge >= 0.3 is 0 Å². The van der Waals surface area contributed by atoms with Crippen molar-refractivity contribution >= 4 is 11.8 Å². The average molecular weight is 333 g/mol. The summed E-state index contributed by atoms with van der Waals surface area (Å²) >= 11 is 0. The Morgan fingerprint density at radius 2 is 2.25 bits per heavy atom. The van der Waals surface area contributed by atoms with Crippen LogP contribution in [0.4, 0.5) is 0 Å². The van der Waals surface area contributed by atoms with Gasteiger partial charge in [0.05, 0.1) is 11.6 Å². The van der Waals surface area contributed by atoms with E-state index >= 15 is 0 Å². The lowest BCUT2D eigenvalue weighted by Crippen LogP contribution is -2.56. The Kier molecular flexibility index (Phi) is 4.56. The summed E-state index contributed by atoms with van der Waals surface area (Å²) in [6, 6.07) is 3.31. The fraction of sp³-hybridized carbons (Fsp3) is 0.588. The molecule has 2 unspecified atom stereocenters.